The Bertz CT molecular complexity index is 409. The highest BCUT2D eigenvalue weighted by molar-refractivity contribution is 7.13. The number of halogens is 1. The predicted octanol–water partition coefficient (Wildman–Crippen LogP) is 1.94. The molecule has 0 saturated heterocycles. The van der Waals surface area contributed by atoms with Crippen LogP contribution in [0.2, 0.25) is 0 Å². The maximum atomic E-state index is 13.4. The molecule has 0 N–H and O–H groups in total. The fraction of sp³-hybridized carbons (Fsp3) is 0.417. The highest BCUT2D eigenvalue weighted by Crippen LogP contribution is 2.15. The molecular weight excluding hydrogens is 240 g/mol. The fourth-order valence-electron chi connectivity index (χ4n) is 1.52. The van der Waals surface area contributed by atoms with Gasteiger partial charge in [-0.1, -0.05) is 21.5 Å². The molecule has 2 unspecified atom stereocenters. The molecule has 1 rings (SSSR count). The Morgan fingerprint density at radius 2 is 2.24 bits per heavy atom. The first kappa shape index (κ1) is 14.1. The third-order valence-corrected chi connectivity index (χ3v) is 2.99. The zero-order valence-corrected chi connectivity index (χ0v) is 11.4. The Morgan fingerprint density at radius 3 is 2.71 bits per heavy atom. The quantitative estimate of drug-likeness (QED) is 0.610. The molecule has 0 aromatic heterocycles. The Labute approximate surface area is 103 Å². The number of likely N-dealkylation sites (N-methyl/N-ethyl adjacent to an activating group) is 1. The van der Waals surface area contributed by atoms with Crippen molar-refractivity contribution in [2.45, 2.75) is 19.4 Å². The van der Waals surface area contributed by atoms with E-state index in [-0.39, 0.29) is 11.8 Å². The van der Waals surface area contributed by atoms with E-state index in [2.05, 4.69) is 9.39 Å². The molecule has 0 aliphatic carbocycles. The maximum Gasteiger partial charge on any atom is 0.323 e. The molecule has 17 heavy (non-hydrogen) atoms. The van der Waals surface area contributed by atoms with Crippen molar-refractivity contribution >= 4 is 15.4 Å². The second kappa shape index (κ2) is 6.08. The Hall–Kier alpha value is -0.990. The summed E-state index contributed by atoms with van der Waals surface area (Å²) in [5.74, 6) is -0.582. The van der Waals surface area contributed by atoms with Gasteiger partial charge in [0.15, 0.2) is 0 Å². The molecule has 0 aliphatic rings. The highest BCUT2D eigenvalue weighted by Gasteiger charge is 2.22. The van der Waals surface area contributed by atoms with Gasteiger partial charge in [-0.3, -0.25) is 9.46 Å². The van der Waals surface area contributed by atoms with Crippen molar-refractivity contribution in [1.82, 2.24) is 4.67 Å². The summed E-state index contributed by atoms with van der Waals surface area (Å²) in [6.07, 6.45) is 0.421. The SMILES string of the molecule is COC(=O)C(Cc1ccc(C)c(F)c1)N(C)P. The van der Waals surface area contributed by atoms with E-state index in [1.54, 1.807) is 24.7 Å². The molecule has 0 bridgehead atoms. The molecule has 0 radical (unpaired) electrons. The van der Waals surface area contributed by atoms with Crippen molar-refractivity contribution < 1.29 is 13.9 Å². The maximum absolute atomic E-state index is 13.4. The van der Waals surface area contributed by atoms with Crippen molar-refractivity contribution in [2.75, 3.05) is 14.2 Å². The van der Waals surface area contributed by atoms with Crippen LogP contribution in [0.3, 0.4) is 0 Å². The average molecular weight is 257 g/mol. The summed E-state index contributed by atoms with van der Waals surface area (Å²) in [5, 5.41) is 0. The third-order valence-electron chi connectivity index (χ3n) is 2.63. The Kier molecular flexibility index (Phi) is 5.03. The number of hydrogen-bond acceptors (Lipinski definition) is 3. The van der Waals surface area contributed by atoms with Crippen LogP contribution >= 0.6 is 9.39 Å². The van der Waals surface area contributed by atoms with Gasteiger partial charge in [0.2, 0.25) is 0 Å². The van der Waals surface area contributed by atoms with Gasteiger partial charge in [-0.15, -0.1) is 0 Å². The van der Waals surface area contributed by atoms with Crippen LogP contribution in [0.5, 0.6) is 0 Å². The summed E-state index contributed by atoms with van der Waals surface area (Å²) in [6, 6.07) is 4.57. The first-order valence-corrected chi connectivity index (χ1v) is 5.77. The van der Waals surface area contributed by atoms with E-state index in [0.29, 0.717) is 12.0 Å². The summed E-state index contributed by atoms with van der Waals surface area (Å²) in [6.45, 7) is 1.71. The molecule has 5 heteroatoms. The smallest absolute Gasteiger partial charge is 0.323 e. The van der Waals surface area contributed by atoms with Crippen molar-refractivity contribution in [3.05, 3.63) is 35.1 Å². The molecule has 3 nitrogen and oxygen atoms in total. The molecule has 0 fully saturated rings. The molecule has 1 aromatic rings. The molecule has 94 valence electrons. The van der Waals surface area contributed by atoms with Crippen LogP contribution in [-0.4, -0.2) is 30.8 Å². The van der Waals surface area contributed by atoms with Gasteiger partial charge in [0.05, 0.1) is 7.11 Å². The van der Waals surface area contributed by atoms with E-state index in [4.69, 9.17) is 4.74 Å². The molecule has 1 aromatic carbocycles. The van der Waals surface area contributed by atoms with E-state index < -0.39 is 6.04 Å². The van der Waals surface area contributed by atoms with Gasteiger partial charge in [-0.2, -0.15) is 0 Å². The number of carbonyl (C=O) groups excluding carboxylic acids is 1. The van der Waals surface area contributed by atoms with E-state index >= 15 is 0 Å². The van der Waals surface area contributed by atoms with Gasteiger partial charge in [0, 0.05) is 0 Å². The fourth-order valence-corrected chi connectivity index (χ4v) is 1.74. The van der Waals surface area contributed by atoms with Crippen LogP contribution in [0.25, 0.3) is 0 Å². The number of benzene rings is 1. The summed E-state index contributed by atoms with van der Waals surface area (Å²) >= 11 is 0. The second-order valence-electron chi connectivity index (χ2n) is 3.99. The van der Waals surface area contributed by atoms with Gasteiger partial charge in [0.1, 0.15) is 11.9 Å². The molecule has 0 spiro atoms. The normalized spacial score (nSPS) is 12.6. The van der Waals surface area contributed by atoms with E-state index in [0.717, 1.165) is 5.56 Å². The largest absolute Gasteiger partial charge is 0.468 e. The molecular formula is C12H17FNO2P. The summed E-state index contributed by atoms with van der Waals surface area (Å²) in [4.78, 5) is 11.5. The number of methoxy groups -OCH3 is 1. The second-order valence-corrected chi connectivity index (χ2v) is 4.81. The minimum absolute atomic E-state index is 0.252. The number of aryl methyl sites for hydroxylation is 1. The molecule has 0 aliphatic heterocycles. The monoisotopic (exact) mass is 257 g/mol. The van der Waals surface area contributed by atoms with E-state index in [9.17, 15) is 9.18 Å². The highest BCUT2D eigenvalue weighted by atomic mass is 31.0. The summed E-state index contributed by atoms with van der Waals surface area (Å²) < 4.78 is 19.8. The number of ether oxygens (including phenoxy) is 1. The number of rotatable bonds is 4. The van der Waals surface area contributed by atoms with Gasteiger partial charge in [0.25, 0.3) is 0 Å². The summed E-state index contributed by atoms with van der Waals surface area (Å²) in [5.41, 5.74) is 1.38. The van der Waals surface area contributed by atoms with Crippen LogP contribution in [0.4, 0.5) is 4.39 Å². The molecule has 2 atom stereocenters. The lowest BCUT2D eigenvalue weighted by Crippen LogP contribution is -2.35. The minimum Gasteiger partial charge on any atom is -0.468 e. The number of carbonyl (C=O) groups is 1. The Balaban J connectivity index is 2.86. The van der Waals surface area contributed by atoms with Crippen LogP contribution in [0.15, 0.2) is 18.2 Å². The van der Waals surface area contributed by atoms with Crippen molar-refractivity contribution in [1.29, 1.82) is 0 Å². The third kappa shape index (κ3) is 3.76. The number of hydrogen-bond donors (Lipinski definition) is 0. The molecule has 0 saturated carbocycles. The van der Waals surface area contributed by atoms with E-state index in [1.165, 1.54) is 13.2 Å². The van der Waals surface area contributed by atoms with Gasteiger partial charge in [-0.05, 0) is 37.6 Å². The lowest BCUT2D eigenvalue weighted by molar-refractivity contribution is -0.144. The average Bonchev–Trinajstić information content (AvgIpc) is 2.29. The van der Waals surface area contributed by atoms with Crippen LogP contribution < -0.4 is 0 Å². The summed E-state index contributed by atoms with van der Waals surface area (Å²) in [7, 11) is 5.53. The topological polar surface area (TPSA) is 29.5 Å². The zero-order valence-electron chi connectivity index (χ0n) is 10.2. The van der Waals surface area contributed by atoms with Gasteiger partial charge < -0.3 is 4.74 Å². The van der Waals surface area contributed by atoms with Crippen LogP contribution in [-0.2, 0) is 16.0 Å². The Morgan fingerprint density at radius 1 is 1.59 bits per heavy atom. The van der Waals surface area contributed by atoms with Crippen molar-refractivity contribution in [3.63, 3.8) is 0 Å². The zero-order chi connectivity index (χ0) is 13.0. The van der Waals surface area contributed by atoms with Crippen molar-refractivity contribution in [2.24, 2.45) is 0 Å². The van der Waals surface area contributed by atoms with Gasteiger partial charge >= 0.3 is 5.97 Å². The number of esters is 1. The predicted molar refractivity (Wildman–Crippen MR) is 68.1 cm³/mol. The lowest BCUT2D eigenvalue weighted by atomic mass is 10.0. The number of nitrogens with zero attached hydrogens (tertiary/aromatic N) is 1. The van der Waals surface area contributed by atoms with Crippen molar-refractivity contribution in [3.8, 4) is 0 Å². The minimum atomic E-state index is -0.424. The first-order valence-electron chi connectivity index (χ1n) is 5.26. The van der Waals surface area contributed by atoms with Gasteiger partial charge in [-0.25, -0.2) is 4.39 Å². The molecule has 0 heterocycles. The van der Waals surface area contributed by atoms with E-state index in [1.807, 2.05) is 6.07 Å². The first-order chi connectivity index (χ1) is 7.95. The standard InChI is InChI=1S/C12H17FNO2P/c1-8-4-5-9(6-10(8)13)7-11(14(2)17)12(15)16-3/h4-6,11H,7,17H2,1-3H3. The lowest BCUT2D eigenvalue weighted by Gasteiger charge is -2.21. The molecule has 0 amide bonds. The van der Waals surface area contributed by atoms with Crippen LogP contribution in [0.1, 0.15) is 11.1 Å². The van der Waals surface area contributed by atoms with Crippen LogP contribution in [0, 0.1) is 12.7 Å².